The van der Waals surface area contributed by atoms with Gasteiger partial charge in [-0.15, -0.1) is 0 Å². The second-order valence-corrected chi connectivity index (χ2v) is 6.29. The molecule has 0 unspecified atom stereocenters. The maximum atomic E-state index is 12.4. The molecule has 0 bridgehead atoms. The molecule has 1 aromatic rings. The largest absolute Gasteiger partial charge is 0.354 e. The summed E-state index contributed by atoms with van der Waals surface area (Å²) in [7, 11) is 0. The molecule has 1 aliphatic heterocycles. The molecule has 6 heteroatoms. The molecule has 1 aliphatic rings. The molecule has 1 aromatic heterocycles. The molecule has 1 atom stereocenters. The van der Waals surface area contributed by atoms with Gasteiger partial charge in [-0.1, -0.05) is 6.92 Å². The van der Waals surface area contributed by atoms with Crippen LogP contribution in [0.3, 0.4) is 0 Å². The molecule has 2 N–H and O–H groups in total. The molecule has 0 aromatic carbocycles. The lowest BCUT2D eigenvalue weighted by atomic mass is 9.81. The normalized spacial score (nSPS) is 21.7. The molecule has 1 fully saturated rings. The highest BCUT2D eigenvalue weighted by Gasteiger charge is 2.36. The number of hydrogen-bond acceptors (Lipinski definition) is 4. The Hall–Kier alpha value is -1.95. The molecule has 0 saturated carbocycles. The predicted molar refractivity (Wildman–Crippen MR) is 89.0 cm³/mol. The Bertz CT molecular complexity index is 535. The number of hydrogen-bond donors (Lipinski definition) is 2. The van der Waals surface area contributed by atoms with Gasteiger partial charge in [0.15, 0.2) is 0 Å². The third kappa shape index (κ3) is 4.76. The molecule has 2 amide bonds. The predicted octanol–water partition coefficient (Wildman–Crippen LogP) is 1.05. The first-order valence-corrected chi connectivity index (χ1v) is 8.24. The van der Waals surface area contributed by atoms with Crippen LogP contribution in [0, 0.1) is 5.41 Å². The average molecular weight is 318 g/mol. The van der Waals surface area contributed by atoms with Crippen molar-refractivity contribution in [2.24, 2.45) is 5.41 Å². The number of carbonyl (C=O) groups is 2. The zero-order chi connectivity index (χ0) is 16.7. The summed E-state index contributed by atoms with van der Waals surface area (Å²) < 4.78 is 0. The van der Waals surface area contributed by atoms with Crippen molar-refractivity contribution in [1.29, 1.82) is 0 Å². The van der Waals surface area contributed by atoms with E-state index in [0.29, 0.717) is 18.7 Å². The van der Waals surface area contributed by atoms with Crippen molar-refractivity contribution in [1.82, 2.24) is 20.5 Å². The van der Waals surface area contributed by atoms with E-state index in [1.54, 1.807) is 18.3 Å². The summed E-state index contributed by atoms with van der Waals surface area (Å²) in [5.41, 5.74) is 0.193. The van der Waals surface area contributed by atoms with E-state index < -0.39 is 0 Å². The van der Waals surface area contributed by atoms with Crippen LogP contribution in [0.15, 0.2) is 24.5 Å². The molecular weight excluding hydrogens is 292 g/mol. The van der Waals surface area contributed by atoms with Crippen LogP contribution in [0.2, 0.25) is 0 Å². The molecule has 2 rings (SSSR count). The highest BCUT2D eigenvalue weighted by atomic mass is 16.2. The lowest BCUT2D eigenvalue weighted by Crippen LogP contribution is -2.51. The molecule has 0 aliphatic carbocycles. The van der Waals surface area contributed by atoms with Crippen molar-refractivity contribution in [2.75, 3.05) is 32.7 Å². The number of piperidine rings is 1. The quantitative estimate of drug-likeness (QED) is 0.769. The van der Waals surface area contributed by atoms with Gasteiger partial charge < -0.3 is 15.5 Å². The van der Waals surface area contributed by atoms with Gasteiger partial charge in [-0.2, -0.15) is 0 Å². The number of pyridine rings is 1. The SMILES string of the molecule is CCN1CCC[C@](C)(C(=O)NCCNC(=O)c2cccnc2)C1. The molecular formula is C17H26N4O2. The van der Waals surface area contributed by atoms with Gasteiger partial charge >= 0.3 is 0 Å². The molecule has 6 nitrogen and oxygen atoms in total. The number of nitrogens with zero attached hydrogens (tertiary/aromatic N) is 2. The number of amides is 2. The van der Waals surface area contributed by atoms with Crippen molar-refractivity contribution >= 4 is 11.8 Å². The Morgan fingerprint density at radius 1 is 1.35 bits per heavy atom. The lowest BCUT2D eigenvalue weighted by molar-refractivity contribution is -0.133. The van der Waals surface area contributed by atoms with E-state index in [1.165, 1.54) is 6.20 Å². The minimum atomic E-state index is -0.332. The maximum Gasteiger partial charge on any atom is 0.252 e. The van der Waals surface area contributed by atoms with Crippen LogP contribution in [0.25, 0.3) is 0 Å². The van der Waals surface area contributed by atoms with Crippen LogP contribution in [0.1, 0.15) is 37.0 Å². The van der Waals surface area contributed by atoms with Gasteiger partial charge in [-0.25, -0.2) is 0 Å². The molecule has 23 heavy (non-hydrogen) atoms. The summed E-state index contributed by atoms with van der Waals surface area (Å²) in [6.45, 7) is 7.84. The Morgan fingerprint density at radius 2 is 2.13 bits per heavy atom. The topological polar surface area (TPSA) is 74.3 Å². The van der Waals surface area contributed by atoms with Gasteiger partial charge in [0.1, 0.15) is 0 Å². The number of aromatic nitrogens is 1. The van der Waals surface area contributed by atoms with E-state index in [-0.39, 0.29) is 17.2 Å². The van der Waals surface area contributed by atoms with Crippen molar-refractivity contribution in [3.63, 3.8) is 0 Å². The van der Waals surface area contributed by atoms with Crippen LogP contribution in [-0.2, 0) is 4.79 Å². The third-order valence-corrected chi connectivity index (χ3v) is 4.39. The maximum absolute atomic E-state index is 12.4. The van der Waals surface area contributed by atoms with Crippen molar-refractivity contribution in [3.05, 3.63) is 30.1 Å². The minimum absolute atomic E-state index is 0.0753. The highest BCUT2D eigenvalue weighted by molar-refractivity contribution is 5.93. The summed E-state index contributed by atoms with van der Waals surface area (Å²) >= 11 is 0. The zero-order valence-electron chi connectivity index (χ0n) is 14.0. The van der Waals surface area contributed by atoms with Crippen LogP contribution >= 0.6 is 0 Å². The number of carbonyl (C=O) groups excluding carboxylic acids is 2. The molecule has 2 heterocycles. The van der Waals surface area contributed by atoms with Crippen LogP contribution in [-0.4, -0.2) is 54.4 Å². The summed E-state index contributed by atoms with van der Waals surface area (Å²) in [5.74, 6) is -0.0975. The van der Waals surface area contributed by atoms with E-state index in [9.17, 15) is 9.59 Å². The van der Waals surface area contributed by atoms with Gasteiger partial charge in [0.2, 0.25) is 5.91 Å². The zero-order valence-corrected chi connectivity index (χ0v) is 14.0. The second kappa shape index (κ2) is 8.06. The van der Waals surface area contributed by atoms with Gasteiger partial charge in [-0.05, 0) is 45.0 Å². The number of nitrogens with one attached hydrogen (secondary N) is 2. The van der Waals surface area contributed by atoms with Crippen LogP contribution < -0.4 is 10.6 Å². The Balaban J connectivity index is 1.73. The fraction of sp³-hybridized carbons (Fsp3) is 0.588. The lowest BCUT2D eigenvalue weighted by Gasteiger charge is -2.38. The summed E-state index contributed by atoms with van der Waals surface area (Å²) in [5, 5.41) is 5.73. The Morgan fingerprint density at radius 3 is 2.83 bits per heavy atom. The van der Waals surface area contributed by atoms with Crippen molar-refractivity contribution in [3.8, 4) is 0 Å². The molecule has 1 saturated heterocycles. The highest BCUT2D eigenvalue weighted by Crippen LogP contribution is 2.29. The third-order valence-electron chi connectivity index (χ3n) is 4.39. The summed E-state index contributed by atoms with van der Waals surface area (Å²) in [6, 6.07) is 3.43. The standard InChI is InChI=1S/C17H26N4O2/c1-3-21-11-5-7-17(2,13-21)16(23)20-10-9-19-15(22)14-6-4-8-18-12-14/h4,6,8,12H,3,5,7,9-11,13H2,1-2H3,(H,19,22)(H,20,23)/t17-/m0/s1. The fourth-order valence-electron chi connectivity index (χ4n) is 2.96. The molecule has 0 spiro atoms. The minimum Gasteiger partial charge on any atom is -0.354 e. The first kappa shape index (κ1) is 17.4. The average Bonchev–Trinajstić information content (AvgIpc) is 2.59. The van der Waals surface area contributed by atoms with Crippen molar-refractivity contribution < 1.29 is 9.59 Å². The van der Waals surface area contributed by atoms with Crippen molar-refractivity contribution in [2.45, 2.75) is 26.7 Å². The summed E-state index contributed by atoms with van der Waals surface area (Å²) in [4.78, 5) is 30.5. The first-order chi connectivity index (χ1) is 11.0. The monoisotopic (exact) mass is 318 g/mol. The Labute approximate surface area is 137 Å². The molecule has 0 radical (unpaired) electrons. The van der Waals surface area contributed by atoms with E-state index in [0.717, 1.165) is 32.5 Å². The van der Waals surface area contributed by atoms with E-state index in [1.807, 2.05) is 6.92 Å². The van der Waals surface area contributed by atoms with E-state index in [4.69, 9.17) is 0 Å². The van der Waals surface area contributed by atoms with Gasteiger partial charge in [0.05, 0.1) is 11.0 Å². The van der Waals surface area contributed by atoms with E-state index in [2.05, 4.69) is 27.4 Å². The number of likely N-dealkylation sites (tertiary alicyclic amines) is 1. The van der Waals surface area contributed by atoms with Gasteiger partial charge in [-0.3, -0.25) is 14.6 Å². The summed E-state index contributed by atoms with van der Waals surface area (Å²) in [6.07, 6.45) is 5.12. The second-order valence-electron chi connectivity index (χ2n) is 6.29. The smallest absolute Gasteiger partial charge is 0.252 e. The first-order valence-electron chi connectivity index (χ1n) is 8.24. The van der Waals surface area contributed by atoms with Crippen LogP contribution in [0.4, 0.5) is 0 Å². The van der Waals surface area contributed by atoms with Gasteiger partial charge in [0.25, 0.3) is 5.91 Å². The fourth-order valence-corrected chi connectivity index (χ4v) is 2.96. The van der Waals surface area contributed by atoms with E-state index >= 15 is 0 Å². The number of rotatable bonds is 6. The molecule has 126 valence electrons. The van der Waals surface area contributed by atoms with Gasteiger partial charge in [0, 0.05) is 32.0 Å². The van der Waals surface area contributed by atoms with Crippen LogP contribution in [0.5, 0.6) is 0 Å². The Kier molecular flexibility index (Phi) is 6.10.